The van der Waals surface area contributed by atoms with E-state index in [-0.39, 0.29) is 0 Å². The Morgan fingerprint density at radius 1 is 1.44 bits per heavy atom. The van der Waals surface area contributed by atoms with E-state index in [1.165, 1.54) is 18.6 Å². The van der Waals surface area contributed by atoms with Gasteiger partial charge in [0.15, 0.2) is 5.96 Å². The largest absolute Gasteiger partial charge is 0.357 e. The smallest absolute Gasteiger partial charge is 0.193 e. The van der Waals surface area contributed by atoms with Crippen LogP contribution in [0.5, 0.6) is 0 Å². The lowest BCUT2D eigenvalue weighted by Crippen LogP contribution is -2.49. The predicted molar refractivity (Wildman–Crippen MR) is 83.5 cm³/mol. The van der Waals surface area contributed by atoms with Crippen LogP contribution in [-0.2, 0) is 0 Å². The van der Waals surface area contributed by atoms with Gasteiger partial charge in [-0.05, 0) is 19.3 Å². The molecule has 1 unspecified atom stereocenters. The van der Waals surface area contributed by atoms with Crippen molar-refractivity contribution in [3.63, 3.8) is 0 Å². The normalized spacial score (nSPS) is 21.5. The van der Waals surface area contributed by atoms with E-state index in [0.29, 0.717) is 0 Å². The topological polar surface area (TPSA) is 27.6 Å². The average molecular weight is 271 g/mol. The minimum Gasteiger partial charge on any atom is -0.357 e. The molecule has 4 heteroatoms. The van der Waals surface area contributed by atoms with Gasteiger partial charge in [-0.25, -0.2) is 0 Å². The predicted octanol–water partition coefficient (Wildman–Crippen LogP) is 2.83. The molecule has 1 saturated heterocycles. The number of rotatable bonds is 5. The zero-order valence-electron chi connectivity index (χ0n) is 12.4. The van der Waals surface area contributed by atoms with Crippen molar-refractivity contribution in [2.24, 2.45) is 10.9 Å². The molecule has 106 valence electrons. The standard InChI is InChI=1S/C14H29N3S/c1-5-7-8-16-14(15-6-2)17-9-10-18-13(11-17)12(3)4/h12-13H,5-11H2,1-4H3,(H,15,16). The Labute approximate surface area is 117 Å². The first kappa shape index (κ1) is 15.7. The summed E-state index contributed by atoms with van der Waals surface area (Å²) in [6.07, 6.45) is 2.40. The van der Waals surface area contributed by atoms with Crippen LogP contribution < -0.4 is 5.32 Å². The van der Waals surface area contributed by atoms with Gasteiger partial charge in [0.25, 0.3) is 0 Å². The second kappa shape index (κ2) is 8.68. The van der Waals surface area contributed by atoms with Crippen molar-refractivity contribution in [1.29, 1.82) is 0 Å². The maximum Gasteiger partial charge on any atom is 0.193 e. The molecule has 0 aliphatic carbocycles. The third-order valence-electron chi connectivity index (χ3n) is 3.24. The monoisotopic (exact) mass is 271 g/mol. The minimum absolute atomic E-state index is 0.744. The molecule has 0 radical (unpaired) electrons. The first-order valence-corrected chi connectivity index (χ1v) is 8.38. The lowest BCUT2D eigenvalue weighted by molar-refractivity contribution is 0.381. The number of hydrogen-bond donors (Lipinski definition) is 1. The second-order valence-electron chi connectivity index (χ2n) is 5.19. The average Bonchev–Trinajstić information content (AvgIpc) is 2.38. The van der Waals surface area contributed by atoms with E-state index in [9.17, 15) is 0 Å². The van der Waals surface area contributed by atoms with Crippen LogP contribution in [-0.4, -0.2) is 48.0 Å². The van der Waals surface area contributed by atoms with Crippen molar-refractivity contribution in [1.82, 2.24) is 10.2 Å². The van der Waals surface area contributed by atoms with Crippen molar-refractivity contribution in [3.05, 3.63) is 0 Å². The highest BCUT2D eigenvalue weighted by Gasteiger charge is 2.24. The number of aliphatic imine (C=N–C) groups is 1. The molecular weight excluding hydrogens is 242 g/mol. The summed E-state index contributed by atoms with van der Waals surface area (Å²) in [5.74, 6) is 3.09. The van der Waals surface area contributed by atoms with Crippen LogP contribution in [0.15, 0.2) is 4.99 Å². The van der Waals surface area contributed by atoms with Gasteiger partial charge in [0.05, 0.1) is 0 Å². The van der Waals surface area contributed by atoms with Gasteiger partial charge in [0.1, 0.15) is 0 Å². The van der Waals surface area contributed by atoms with Gasteiger partial charge < -0.3 is 10.2 Å². The van der Waals surface area contributed by atoms with Gasteiger partial charge in [-0.15, -0.1) is 0 Å². The van der Waals surface area contributed by atoms with Gasteiger partial charge in [-0.3, -0.25) is 4.99 Å². The molecule has 3 nitrogen and oxygen atoms in total. The molecule has 1 N–H and O–H groups in total. The Morgan fingerprint density at radius 2 is 2.22 bits per heavy atom. The Hall–Kier alpha value is -0.380. The van der Waals surface area contributed by atoms with E-state index in [4.69, 9.17) is 4.99 Å². The summed E-state index contributed by atoms with van der Waals surface area (Å²) in [5.41, 5.74) is 0. The van der Waals surface area contributed by atoms with Crippen LogP contribution in [0.25, 0.3) is 0 Å². The maximum absolute atomic E-state index is 4.74. The first-order valence-electron chi connectivity index (χ1n) is 7.33. The molecule has 0 spiro atoms. The molecule has 1 heterocycles. The molecule has 0 aromatic carbocycles. The van der Waals surface area contributed by atoms with E-state index in [2.05, 4.69) is 49.7 Å². The highest BCUT2D eigenvalue weighted by molar-refractivity contribution is 8.00. The van der Waals surface area contributed by atoms with Crippen molar-refractivity contribution < 1.29 is 0 Å². The number of guanidine groups is 1. The minimum atomic E-state index is 0.744. The number of thioether (sulfide) groups is 1. The van der Waals surface area contributed by atoms with Crippen LogP contribution >= 0.6 is 11.8 Å². The summed E-state index contributed by atoms with van der Waals surface area (Å²) >= 11 is 2.11. The van der Waals surface area contributed by atoms with Gasteiger partial charge in [0, 0.05) is 37.2 Å². The van der Waals surface area contributed by atoms with Crippen LogP contribution in [0, 0.1) is 5.92 Å². The van der Waals surface area contributed by atoms with Crippen molar-refractivity contribution in [2.45, 2.75) is 45.8 Å². The molecule has 1 aliphatic rings. The van der Waals surface area contributed by atoms with E-state index >= 15 is 0 Å². The quantitative estimate of drug-likeness (QED) is 0.473. The summed E-state index contributed by atoms with van der Waals surface area (Å²) in [4.78, 5) is 7.19. The number of nitrogens with zero attached hydrogens (tertiary/aromatic N) is 2. The van der Waals surface area contributed by atoms with E-state index < -0.39 is 0 Å². The molecule has 1 aliphatic heterocycles. The Balaban J connectivity index is 2.57. The van der Waals surface area contributed by atoms with Gasteiger partial charge >= 0.3 is 0 Å². The molecule has 0 bridgehead atoms. The highest BCUT2D eigenvalue weighted by Crippen LogP contribution is 2.24. The van der Waals surface area contributed by atoms with E-state index in [1.807, 2.05) is 0 Å². The third kappa shape index (κ3) is 5.09. The molecular formula is C14H29N3S. The molecule has 0 saturated carbocycles. The lowest BCUT2D eigenvalue weighted by atomic mass is 10.1. The summed E-state index contributed by atoms with van der Waals surface area (Å²) in [6.45, 7) is 13.2. The molecule has 1 atom stereocenters. The molecule has 1 rings (SSSR count). The molecule has 1 fully saturated rings. The SMILES string of the molecule is CCCCN=C(NCC)N1CCSC(C(C)C)C1. The zero-order chi connectivity index (χ0) is 13.4. The van der Waals surface area contributed by atoms with Gasteiger partial charge in [-0.1, -0.05) is 27.2 Å². The van der Waals surface area contributed by atoms with Crippen LogP contribution in [0.2, 0.25) is 0 Å². The molecule has 0 aromatic rings. The van der Waals surface area contributed by atoms with Crippen LogP contribution in [0.4, 0.5) is 0 Å². The molecule has 18 heavy (non-hydrogen) atoms. The second-order valence-corrected chi connectivity index (χ2v) is 6.54. The highest BCUT2D eigenvalue weighted by atomic mass is 32.2. The number of hydrogen-bond acceptors (Lipinski definition) is 2. The van der Waals surface area contributed by atoms with Crippen LogP contribution in [0.3, 0.4) is 0 Å². The van der Waals surface area contributed by atoms with E-state index in [1.54, 1.807) is 0 Å². The third-order valence-corrected chi connectivity index (χ3v) is 4.78. The Kier molecular flexibility index (Phi) is 7.56. The Morgan fingerprint density at radius 3 is 2.83 bits per heavy atom. The van der Waals surface area contributed by atoms with Gasteiger partial charge in [0.2, 0.25) is 0 Å². The lowest BCUT2D eigenvalue weighted by Gasteiger charge is -2.36. The van der Waals surface area contributed by atoms with Gasteiger partial charge in [-0.2, -0.15) is 11.8 Å². The summed E-state index contributed by atoms with van der Waals surface area (Å²) < 4.78 is 0. The summed E-state index contributed by atoms with van der Waals surface area (Å²) in [7, 11) is 0. The van der Waals surface area contributed by atoms with E-state index in [0.717, 1.165) is 43.3 Å². The van der Waals surface area contributed by atoms with Crippen molar-refractivity contribution in [2.75, 3.05) is 31.9 Å². The van der Waals surface area contributed by atoms with Crippen molar-refractivity contribution in [3.8, 4) is 0 Å². The summed E-state index contributed by atoms with van der Waals surface area (Å²) in [5, 5.41) is 4.18. The first-order chi connectivity index (χ1) is 8.69. The molecule has 0 aromatic heterocycles. The van der Waals surface area contributed by atoms with Crippen LogP contribution in [0.1, 0.15) is 40.5 Å². The zero-order valence-corrected chi connectivity index (χ0v) is 13.2. The summed E-state index contributed by atoms with van der Waals surface area (Å²) in [6, 6.07) is 0. The fourth-order valence-electron chi connectivity index (χ4n) is 2.04. The fourth-order valence-corrected chi connectivity index (χ4v) is 3.34. The number of nitrogens with one attached hydrogen (secondary N) is 1. The Bertz CT molecular complexity index is 253. The fraction of sp³-hybridized carbons (Fsp3) is 0.929. The maximum atomic E-state index is 4.74. The number of unbranched alkanes of at least 4 members (excludes halogenated alkanes) is 1. The molecule has 0 amide bonds. The van der Waals surface area contributed by atoms with Crippen molar-refractivity contribution >= 4 is 17.7 Å².